The molecule has 0 bridgehead atoms. The van der Waals surface area contributed by atoms with E-state index in [1.165, 1.54) is 12.1 Å². The second-order valence-electron chi connectivity index (χ2n) is 7.14. The van der Waals surface area contributed by atoms with Crippen LogP contribution < -0.4 is 5.32 Å². The molecule has 2 aromatic carbocycles. The predicted molar refractivity (Wildman–Crippen MR) is 107 cm³/mol. The number of halogens is 1. The maximum atomic E-state index is 13.1. The van der Waals surface area contributed by atoms with Crippen molar-refractivity contribution in [2.75, 3.05) is 11.9 Å². The van der Waals surface area contributed by atoms with Gasteiger partial charge < -0.3 is 9.88 Å². The smallest absolute Gasteiger partial charge is 0.241 e. The standard InChI is InChI=1S/C22H23FN4O/c1-16-24-12-14-27(16)20-10-8-19(9-11-20)25-22(28)21-3-2-13-26(21)15-17-4-6-18(23)7-5-17/h4-12,14,21H,2-3,13,15H2,1H3,(H,25,28)/t21-/m1/s1. The van der Waals surface area contributed by atoms with Crippen molar-refractivity contribution in [3.05, 3.63) is 78.1 Å². The minimum absolute atomic E-state index is 0.00572. The third-order valence-electron chi connectivity index (χ3n) is 5.20. The van der Waals surface area contributed by atoms with Crippen molar-refractivity contribution in [3.63, 3.8) is 0 Å². The number of aromatic nitrogens is 2. The van der Waals surface area contributed by atoms with Crippen LogP contribution >= 0.6 is 0 Å². The lowest BCUT2D eigenvalue weighted by atomic mass is 10.1. The second-order valence-corrected chi connectivity index (χ2v) is 7.14. The molecule has 1 aliphatic heterocycles. The zero-order valence-electron chi connectivity index (χ0n) is 15.8. The molecule has 3 aromatic rings. The molecule has 0 aliphatic carbocycles. The van der Waals surface area contributed by atoms with E-state index in [-0.39, 0.29) is 17.8 Å². The number of imidazole rings is 1. The Morgan fingerprint density at radius 3 is 2.61 bits per heavy atom. The van der Waals surface area contributed by atoms with Crippen molar-refractivity contribution in [1.29, 1.82) is 0 Å². The largest absolute Gasteiger partial charge is 0.325 e. The van der Waals surface area contributed by atoms with Gasteiger partial charge in [0.15, 0.2) is 0 Å². The number of carbonyl (C=O) groups is 1. The first-order valence-electron chi connectivity index (χ1n) is 9.50. The lowest BCUT2D eigenvalue weighted by molar-refractivity contribution is -0.120. The Hall–Kier alpha value is -2.99. The van der Waals surface area contributed by atoms with Gasteiger partial charge in [-0.3, -0.25) is 9.69 Å². The summed E-state index contributed by atoms with van der Waals surface area (Å²) in [5.74, 6) is 0.680. The molecule has 0 unspecified atom stereocenters. The molecule has 4 rings (SSSR count). The summed E-state index contributed by atoms with van der Waals surface area (Å²) in [6.07, 6.45) is 5.49. The number of carbonyl (C=O) groups excluding carboxylic acids is 1. The van der Waals surface area contributed by atoms with Crippen molar-refractivity contribution in [2.45, 2.75) is 32.4 Å². The molecule has 0 saturated carbocycles. The maximum absolute atomic E-state index is 13.1. The van der Waals surface area contributed by atoms with Crippen LogP contribution in [0.25, 0.3) is 5.69 Å². The molecule has 5 nitrogen and oxygen atoms in total. The van der Waals surface area contributed by atoms with Gasteiger partial charge >= 0.3 is 0 Å². The van der Waals surface area contributed by atoms with Crippen molar-refractivity contribution in [1.82, 2.24) is 14.5 Å². The summed E-state index contributed by atoms with van der Waals surface area (Å²) < 4.78 is 15.1. The van der Waals surface area contributed by atoms with E-state index in [0.717, 1.165) is 42.1 Å². The summed E-state index contributed by atoms with van der Waals surface area (Å²) in [5.41, 5.74) is 2.80. The van der Waals surface area contributed by atoms with E-state index in [2.05, 4.69) is 15.2 Å². The number of rotatable bonds is 5. The van der Waals surface area contributed by atoms with Gasteiger partial charge in [-0.05, 0) is 68.3 Å². The molecule has 1 saturated heterocycles. The molecule has 0 spiro atoms. The van der Waals surface area contributed by atoms with Crippen LogP contribution in [0, 0.1) is 12.7 Å². The van der Waals surface area contributed by atoms with Crippen molar-refractivity contribution < 1.29 is 9.18 Å². The number of aryl methyl sites for hydroxylation is 1. The topological polar surface area (TPSA) is 50.2 Å². The minimum Gasteiger partial charge on any atom is -0.325 e. The average molecular weight is 378 g/mol. The van der Waals surface area contributed by atoms with E-state index >= 15 is 0 Å². The molecule has 2 heterocycles. The van der Waals surface area contributed by atoms with E-state index < -0.39 is 0 Å². The molecule has 1 aliphatic rings. The Balaban J connectivity index is 1.41. The van der Waals surface area contributed by atoms with Crippen LogP contribution in [0.2, 0.25) is 0 Å². The van der Waals surface area contributed by atoms with Gasteiger partial charge in [0.2, 0.25) is 5.91 Å². The highest BCUT2D eigenvalue weighted by molar-refractivity contribution is 5.95. The van der Waals surface area contributed by atoms with Crippen LogP contribution in [-0.2, 0) is 11.3 Å². The Morgan fingerprint density at radius 1 is 1.18 bits per heavy atom. The quantitative estimate of drug-likeness (QED) is 0.732. The number of likely N-dealkylation sites (tertiary alicyclic amines) is 1. The summed E-state index contributed by atoms with van der Waals surface area (Å²) in [6, 6.07) is 14.1. The third-order valence-corrected chi connectivity index (χ3v) is 5.20. The van der Waals surface area contributed by atoms with Crippen LogP contribution in [-0.4, -0.2) is 32.9 Å². The van der Waals surface area contributed by atoms with Gasteiger partial charge in [-0.1, -0.05) is 12.1 Å². The lowest BCUT2D eigenvalue weighted by Gasteiger charge is -2.23. The van der Waals surface area contributed by atoms with Crippen molar-refractivity contribution in [3.8, 4) is 5.69 Å². The van der Waals surface area contributed by atoms with Crippen LogP contribution in [0.3, 0.4) is 0 Å². The van der Waals surface area contributed by atoms with E-state index in [4.69, 9.17) is 0 Å². The van der Waals surface area contributed by atoms with Crippen LogP contribution in [0.4, 0.5) is 10.1 Å². The van der Waals surface area contributed by atoms with Gasteiger partial charge in [-0.2, -0.15) is 0 Å². The number of hydrogen-bond acceptors (Lipinski definition) is 3. The normalized spacial score (nSPS) is 17.0. The van der Waals surface area contributed by atoms with Gasteiger partial charge in [0, 0.05) is 30.3 Å². The fourth-order valence-corrected chi connectivity index (χ4v) is 3.72. The molecule has 28 heavy (non-hydrogen) atoms. The van der Waals surface area contributed by atoms with E-state index in [0.29, 0.717) is 6.54 Å². The molecule has 0 radical (unpaired) electrons. The van der Waals surface area contributed by atoms with Gasteiger partial charge in [-0.25, -0.2) is 9.37 Å². The summed E-state index contributed by atoms with van der Waals surface area (Å²) in [7, 11) is 0. The number of nitrogens with zero attached hydrogens (tertiary/aromatic N) is 3. The minimum atomic E-state index is -0.242. The molecule has 1 fully saturated rings. The average Bonchev–Trinajstić information content (AvgIpc) is 3.33. The van der Waals surface area contributed by atoms with Gasteiger partial charge in [0.1, 0.15) is 11.6 Å². The molecule has 1 amide bonds. The lowest BCUT2D eigenvalue weighted by Crippen LogP contribution is -2.39. The van der Waals surface area contributed by atoms with Gasteiger partial charge in [-0.15, -0.1) is 0 Å². The number of hydrogen-bond donors (Lipinski definition) is 1. The van der Waals surface area contributed by atoms with Crippen LogP contribution in [0.5, 0.6) is 0 Å². The Morgan fingerprint density at radius 2 is 1.93 bits per heavy atom. The highest BCUT2D eigenvalue weighted by Gasteiger charge is 2.30. The molecular weight excluding hydrogens is 355 g/mol. The van der Waals surface area contributed by atoms with E-state index in [1.54, 1.807) is 18.3 Å². The number of anilines is 1. The molecular formula is C22H23FN4O. The Bertz CT molecular complexity index is 949. The van der Waals surface area contributed by atoms with E-state index in [1.807, 2.05) is 42.0 Å². The fraction of sp³-hybridized carbons (Fsp3) is 0.273. The first kappa shape index (κ1) is 18.4. The molecule has 1 aromatic heterocycles. The first-order chi connectivity index (χ1) is 13.6. The zero-order valence-corrected chi connectivity index (χ0v) is 15.8. The number of benzene rings is 2. The van der Waals surface area contributed by atoms with Crippen molar-refractivity contribution >= 4 is 11.6 Å². The molecule has 144 valence electrons. The predicted octanol–water partition coefficient (Wildman–Crippen LogP) is 3.92. The maximum Gasteiger partial charge on any atom is 0.241 e. The number of amides is 1. The van der Waals surface area contributed by atoms with Crippen LogP contribution in [0.1, 0.15) is 24.2 Å². The molecule has 6 heteroatoms. The first-order valence-corrected chi connectivity index (χ1v) is 9.50. The third kappa shape index (κ3) is 3.97. The SMILES string of the molecule is Cc1nccn1-c1ccc(NC(=O)[C@H]2CCCN2Cc2ccc(F)cc2)cc1. The molecule has 1 N–H and O–H groups in total. The highest BCUT2D eigenvalue weighted by Crippen LogP contribution is 2.22. The highest BCUT2D eigenvalue weighted by atomic mass is 19.1. The summed E-state index contributed by atoms with van der Waals surface area (Å²) in [6.45, 7) is 3.47. The molecule has 1 atom stereocenters. The Kier molecular flexibility index (Phi) is 5.21. The summed E-state index contributed by atoms with van der Waals surface area (Å²) >= 11 is 0. The number of nitrogens with one attached hydrogen (secondary N) is 1. The van der Waals surface area contributed by atoms with Gasteiger partial charge in [0.05, 0.1) is 6.04 Å². The van der Waals surface area contributed by atoms with Crippen LogP contribution in [0.15, 0.2) is 60.9 Å². The van der Waals surface area contributed by atoms with E-state index in [9.17, 15) is 9.18 Å². The zero-order chi connectivity index (χ0) is 19.5. The van der Waals surface area contributed by atoms with Crippen molar-refractivity contribution in [2.24, 2.45) is 0 Å². The Labute approximate surface area is 163 Å². The summed E-state index contributed by atoms with van der Waals surface area (Å²) in [5, 5.41) is 3.03. The summed E-state index contributed by atoms with van der Waals surface area (Å²) in [4.78, 5) is 19.2. The monoisotopic (exact) mass is 378 g/mol. The fourth-order valence-electron chi connectivity index (χ4n) is 3.72. The second kappa shape index (κ2) is 7.94. The van der Waals surface area contributed by atoms with Gasteiger partial charge in [0.25, 0.3) is 0 Å².